The van der Waals surface area contributed by atoms with Crippen molar-refractivity contribution in [2.45, 2.75) is 25.9 Å². The molecule has 0 spiro atoms. The fourth-order valence-corrected chi connectivity index (χ4v) is 3.36. The molecular formula is C14H14N4O2S. The topological polar surface area (TPSA) is 72.5 Å². The Kier molecular flexibility index (Phi) is 2.90. The number of aryl methyl sites for hydroxylation is 1. The van der Waals surface area contributed by atoms with Gasteiger partial charge in [-0.05, 0) is 43.5 Å². The highest BCUT2D eigenvalue weighted by Crippen LogP contribution is 2.32. The summed E-state index contributed by atoms with van der Waals surface area (Å²) < 4.78 is 7.44. The quantitative estimate of drug-likeness (QED) is 0.788. The van der Waals surface area contributed by atoms with Crippen molar-refractivity contribution in [3.63, 3.8) is 0 Å². The second kappa shape index (κ2) is 4.78. The minimum atomic E-state index is -0.00324. The number of phenols is 1. The molecule has 1 aromatic carbocycles. The number of ether oxygens (including phenoxy) is 1. The van der Waals surface area contributed by atoms with E-state index in [2.05, 4.69) is 15.3 Å². The van der Waals surface area contributed by atoms with Crippen LogP contribution in [0.4, 0.5) is 0 Å². The van der Waals surface area contributed by atoms with Gasteiger partial charge in [0.15, 0.2) is 5.82 Å². The van der Waals surface area contributed by atoms with E-state index in [0.29, 0.717) is 5.75 Å². The van der Waals surface area contributed by atoms with Gasteiger partial charge < -0.3 is 9.84 Å². The van der Waals surface area contributed by atoms with Crippen LogP contribution in [0, 0.1) is 6.92 Å². The van der Waals surface area contributed by atoms with Crippen LogP contribution < -0.4 is 0 Å². The Morgan fingerprint density at radius 1 is 1.38 bits per heavy atom. The van der Waals surface area contributed by atoms with Gasteiger partial charge in [0.05, 0.1) is 0 Å². The first-order valence-electron chi connectivity index (χ1n) is 6.86. The van der Waals surface area contributed by atoms with Crippen LogP contribution in [0.5, 0.6) is 5.75 Å². The number of hydrogen-bond donors (Lipinski definition) is 1. The van der Waals surface area contributed by atoms with Crippen molar-refractivity contribution in [3.05, 3.63) is 29.6 Å². The third-order valence-corrected chi connectivity index (χ3v) is 4.62. The van der Waals surface area contributed by atoms with E-state index < -0.39 is 0 Å². The van der Waals surface area contributed by atoms with E-state index in [1.807, 2.05) is 19.1 Å². The van der Waals surface area contributed by atoms with E-state index in [0.717, 1.165) is 46.4 Å². The van der Waals surface area contributed by atoms with Gasteiger partial charge in [-0.3, -0.25) is 0 Å². The Labute approximate surface area is 125 Å². The van der Waals surface area contributed by atoms with E-state index in [1.165, 1.54) is 11.3 Å². The number of benzene rings is 1. The smallest absolute Gasteiger partial charge is 0.235 e. The predicted molar refractivity (Wildman–Crippen MR) is 78.4 cm³/mol. The largest absolute Gasteiger partial charge is 0.508 e. The fourth-order valence-electron chi connectivity index (χ4n) is 2.52. The number of nitrogens with zero attached hydrogens (tertiary/aromatic N) is 4. The average molecular weight is 302 g/mol. The second-order valence-corrected chi connectivity index (χ2v) is 6.12. The Morgan fingerprint density at radius 2 is 2.29 bits per heavy atom. The molecule has 1 unspecified atom stereocenters. The van der Waals surface area contributed by atoms with Gasteiger partial charge >= 0.3 is 0 Å². The lowest BCUT2D eigenvalue weighted by atomic mass is 10.1. The Balaban J connectivity index is 1.78. The molecule has 1 aliphatic heterocycles. The lowest BCUT2D eigenvalue weighted by Crippen LogP contribution is -2.03. The number of aromatic nitrogens is 4. The minimum absolute atomic E-state index is 0.00324. The summed E-state index contributed by atoms with van der Waals surface area (Å²) in [4.78, 5) is 0.765. The van der Waals surface area contributed by atoms with Gasteiger partial charge in [0.1, 0.15) is 16.9 Å². The highest BCUT2D eigenvalue weighted by molar-refractivity contribution is 7.19. The highest BCUT2D eigenvalue weighted by atomic mass is 32.1. The first kappa shape index (κ1) is 12.7. The fraction of sp³-hybridized carbons (Fsp3) is 0.357. The molecule has 7 heteroatoms. The molecule has 0 aliphatic carbocycles. The minimum Gasteiger partial charge on any atom is -0.508 e. The molecule has 108 valence electrons. The van der Waals surface area contributed by atoms with Crippen molar-refractivity contribution in [3.8, 4) is 16.3 Å². The number of fused-ring (bicyclic) bond motifs is 1. The molecule has 3 heterocycles. The van der Waals surface area contributed by atoms with Crippen LogP contribution in [-0.2, 0) is 4.74 Å². The van der Waals surface area contributed by atoms with Gasteiger partial charge in [-0.25, -0.2) is 0 Å². The maximum Gasteiger partial charge on any atom is 0.235 e. The van der Waals surface area contributed by atoms with E-state index >= 15 is 0 Å². The number of rotatable bonds is 2. The summed E-state index contributed by atoms with van der Waals surface area (Å²) >= 11 is 1.49. The molecule has 4 rings (SSSR count). The predicted octanol–water partition coefficient (Wildman–Crippen LogP) is 2.72. The van der Waals surface area contributed by atoms with Gasteiger partial charge in [-0.1, -0.05) is 11.3 Å². The molecule has 0 amide bonds. The van der Waals surface area contributed by atoms with Gasteiger partial charge in [0.2, 0.25) is 4.96 Å². The Bertz CT molecular complexity index is 805. The van der Waals surface area contributed by atoms with Crippen LogP contribution in [0.3, 0.4) is 0 Å². The Hall–Kier alpha value is -1.99. The molecular weight excluding hydrogens is 288 g/mol. The molecule has 3 aromatic rings. The van der Waals surface area contributed by atoms with Crippen LogP contribution in [0.2, 0.25) is 0 Å². The summed E-state index contributed by atoms with van der Waals surface area (Å²) in [6.45, 7) is 2.64. The third kappa shape index (κ3) is 2.09. The van der Waals surface area contributed by atoms with Gasteiger partial charge in [-0.15, -0.1) is 10.2 Å². The molecule has 1 atom stereocenters. The van der Waals surface area contributed by atoms with Gasteiger partial charge in [0.25, 0.3) is 0 Å². The highest BCUT2D eigenvalue weighted by Gasteiger charge is 2.25. The van der Waals surface area contributed by atoms with Crippen molar-refractivity contribution in [2.24, 2.45) is 0 Å². The van der Waals surface area contributed by atoms with E-state index in [-0.39, 0.29) is 6.10 Å². The van der Waals surface area contributed by atoms with E-state index in [1.54, 1.807) is 10.6 Å². The molecule has 21 heavy (non-hydrogen) atoms. The zero-order valence-electron chi connectivity index (χ0n) is 11.5. The maximum absolute atomic E-state index is 9.62. The van der Waals surface area contributed by atoms with E-state index in [9.17, 15) is 5.11 Å². The van der Waals surface area contributed by atoms with Crippen LogP contribution in [-0.4, -0.2) is 31.5 Å². The standard InChI is InChI=1S/C14H14N4O2S/c1-8-7-9(4-5-10(8)19)13-17-18-12(11-3-2-6-20-11)15-16-14(18)21-13/h4-5,7,11,19H,2-3,6H2,1H3. The molecule has 1 fully saturated rings. The average Bonchev–Trinajstić information content (AvgIpc) is 3.16. The van der Waals surface area contributed by atoms with Crippen molar-refractivity contribution in [2.75, 3.05) is 6.61 Å². The first-order chi connectivity index (χ1) is 10.2. The molecule has 0 radical (unpaired) electrons. The van der Waals surface area contributed by atoms with Crippen LogP contribution >= 0.6 is 11.3 Å². The summed E-state index contributed by atoms with van der Waals surface area (Å²) in [5.41, 5.74) is 1.80. The zero-order chi connectivity index (χ0) is 14.4. The van der Waals surface area contributed by atoms with Crippen LogP contribution in [0.1, 0.15) is 30.3 Å². The summed E-state index contributed by atoms with van der Waals surface area (Å²) in [7, 11) is 0. The summed E-state index contributed by atoms with van der Waals surface area (Å²) in [5, 5.41) is 23.5. The van der Waals surface area contributed by atoms with Gasteiger partial charge in [-0.2, -0.15) is 9.61 Å². The van der Waals surface area contributed by atoms with Crippen molar-refractivity contribution >= 4 is 16.3 Å². The first-order valence-corrected chi connectivity index (χ1v) is 7.68. The molecule has 1 saturated heterocycles. The summed E-state index contributed by atoms with van der Waals surface area (Å²) in [5.74, 6) is 1.07. The monoisotopic (exact) mass is 302 g/mol. The number of aromatic hydroxyl groups is 1. The van der Waals surface area contributed by atoms with E-state index in [4.69, 9.17) is 4.74 Å². The molecule has 1 aliphatic rings. The van der Waals surface area contributed by atoms with Crippen molar-refractivity contribution in [1.29, 1.82) is 0 Å². The van der Waals surface area contributed by atoms with Crippen molar-refractivity contribution in [1.82, 2.24) is 19.8 Å². The molecule has 0 bridgehead atoms. The summed E-state index contributed by atoms with van der Waals surface area (Å²) in [6.07, 6.45) is 2.01. The lowest BCUT2D eigenvalue weighted by Gasteiger charge is -2.04. The zero-order valence-corrected chi connectivity index (χ0v) is 12.3. The van der Waals surface area contributed by atoms with Gasteiger partial charge in [0, 0.05) is 12.2 Å². The molecule has 0 saturated carbocycles. The van der Waals surface area contributed by atoms with Crippen molar-refractivity contribution < 1.29 is 9.84 Å². The number of phenolic OH excluding ortho intramolecular Hbond substituents is 1. The SMILES string of the molecule is Cc1cc(-c2nn3c(C4CCCO4)nnc3s2)ccc1O. The second-order valence-electron chi connectivity index (χ2n) is 5.16. The molecule has 1 N–H and O–H groups in total. The van der Waals surface area contributed by atoms with Crippen LogP contribution in [0.15, 0.2) is 18.2 Å². The molecule has 6 nitrogen and oxygen atoms in total. The Morgan fingerprint density at radius 3 is 3.05 bits per heavy atom. The lowest BCUT2D eigenvalue weighted by molar-refractivity contribution is 0.103. The third-order valence-electron chi connectivity index (χ3n) is 3.68. The number of hydrogen-bond acceptors (Lipinski definition) is 6. The van der Waals surface area contributed by atoms with Crippen LogP contribution in [0.25, 0.3) is 15.5 Å². The molecule has 2 aromatic heterocycles. The normalized spacial score (nSPS) is 18.6. The maximum atomic E-state index is 9.62. The summed E-state index contributed by atoms with van der Waals surface area (Å²) in [6, 6.07) is 5.47.